The van der Waals surface area contributed by atoms with Gasteiger partial charge in [0, 0.05) is 23.7 Å². The van der Waals surface area contributed by atoms with Crippen molar-refractivity contribution in [2.75, 3.05) is 0 Å². The lowest BCUT2D eigenvalue weighted by Gasteiger charge is -2.29. The third-order valence-corrected chi connectivity index (χ3v) is 5.87. The number of hydrogen-bond donors (Lipinski definition) is 0. The molecule has 4 atom stereocenters. The molecule has 0 radical (unpaired) electrons. The van der Waals surface area contributed by atoms with Gasteiger partial charge in [-0.2, -0.15) is 0 Å². The van der Waals surface area contributed by atoms with Crippen LogP contribution in [0.25, 0.3) is 0 Å². The van der Waals surface area contributed by atoms with Gasteiger partial charge in [0.2, 0.25) is 0 Å². The van der Waals surface area contributed by atoms with Gasteiger partial charge in [0.15, 0.2) is 0 Å². The van der Waals surface area contributed by atoms with E-state index >= 15 is 0 Å². The minimum Gasteiger partial charge on any atom is -0.300 e. The van der Waals surface area contributed by atoms with Crippen molar-refractivity contribution in [1.82, 2.24) is 0 Å². The number of carbonyl (C=O) groups is 4. The summed E-state index contributed by atoms with van der Waals surface area (Å²) < 4.78 is 0. The van der Waals surface area contributed by atoms with Gasteiger partial charge in [0.1, 0.15) is 23.1 Å². The molecule has 0 aliphatic heterocycles. The Morgan fingerprint density at radius 2 is 1.19 bits per heavy atom. The predicted molar refractivity (Wildman–Crippen MR) is 110 cm³/mol. The second-order valence-corrected chi connectivity index (χ2v) is 8.21. The maximum Gasteiger partial charge on any atom is 0.134 e. The summed E-state index contributed by atoms with van der Waals surface area (Å²) in [5, 5.41) is 0. The molecular formula is C23H40O4. The van der Waals surface area contributed by atoms with Crippen LogP contribution in [0.5, 0.6) is 0 Å². The van der Waals surface area contributed by atoms with Gasteiger partial charge in [-0.1, -0.05) is 58.8 Å². The highest BCUT2D eigenvalue weighted by atomic mass is 16.1. The molecule has 0 aromatic rings. The molecule has 27 heavy (non-hydrogen) atoms. The normalized spacial score (nSPS) is 15.6. The molecule has 0 fully saturated rings. The van der Waals surface area contributed by atoms with Gasteiger partial charge in [-0.25, -0.2) is 0 Å². The first-order valence-electron chi connectivity index (χ1n) is 10.6. The van der Waals surface area contributed by atoms with Crippen molar-refractivity contribution >= 4 is 23.1 Å². The van der Waals surface area contributed by atoms with Crippen LogP contribution in [-0.4, -0.2) is 23.1 Å². The average molecular weight is 381 g/mol. The van der Waals surface area contributed by atoms with Crippen molar-refractivity contribution in [3.05, 3.63) is 0 Å². The molecule has 0 aliphatic rings. The zero-order valence-electron chi connectivity index (χ0n) is 18.3. The van der Waals surface area contributed by atoms with Crippen molar-refractivity contribution < 1.29 is 19.2 Å². The van der Waals surface area contributed by atoms with Crippen molar-refractivity contribution in [2.24, 2.45) is 23.7 Å². The van der Waals surface area contributed by atoms with Crippen LogP contribution in [0, 0.1) is 23.7 Å². The highest BCUT2D eigenvalue weighted by Gasteiger charge is 2.37. The van der Waals surface area contributed by atoms with E-state index in [1.54, 1.807) is 13.8 Å². The number of unbranched alkanes of at least 4 members (excludes halogenated alkanes) is 6. The number of ketones is 4. The van der Waals surface area contributed by atoms with Gasteiger partial charge < -0.3 is 0 Å². The Morgan fingerprint density at radius 1 is 0.667 bits per heavy atom. The smallest absolute Gasteiger partial charge is 0.134 e. The van der Waals surface area contributed by atoms with Crippen molar-refractivity contribution in [3.8, 4) is 0 Å². The van der Waals surface area contributed by atoms with Crippen LogP contribution in [0.3, 0.4) is 0 Å². The van der Waals surface area contributed by atoms with E-state index in [4.69, 9.17) is 0 Å². The lowest BCUT2D eigenvalue weighted by atomic mass is 9.72. The van der Waals surface area contributed by atoms with Gasteiger partial charge in [-0.05, 0) is 40.5 Å². The summed E-state index contributed by atoms with van der Waals surface area (Å²) in [7, 11) is 0. The molecule has 0 amide bonds. The molecular weight excluding hydrogens is 340 g/mol. The van der Waals surface area contributed by atoms with Crippen LogP contribution in [-0.2, 0) is 19.2 Å². The van der Waals surface area contributed by atoms with Gasteiger partial charge in [-0.15, -0.1) is 0 Å². The van der Waals surface area contributed by atoms with E-state index in [1.807, 2.05) is 0 Å². The topological polar surface area (TPSA) is 68.3 Å². The van der Waals surface area contributed by atoms with Crippen LogP contribution < -0.4 is 0 Å². The number of carbonyl (C=O) groups excluding carboxylic acids is 4. The van der Waals surface area contributed by atoms with Crippen LogP contribution in [0.1, 0.15) is 99.3 Å². The highest BCUT2D eigenvalue weighted by molar-refractivity contribution is 5.92. The molecule has 0 aromatic heterocycles. The minimum atomic E-state index is -0.629. The Bertz CT molecular complexity index is 495. The van der Waals surface area contributed by atoms with Crippen LogP contribution >= 0.6 is 0 Å². The molecule has 0 aliphatic carbocycles. The Morgan fingerprint density at radius 3 is 1.59 bits per heavy atom. The predicted octanol–water partition coefficient (Wildman–Crippen LogP) is 5.36. The third kappa shape index (κ3) is 9.97. The molecule has 4 heteroatoms. The number of Topliss-reactive ketones (excluding diaryl/α,β-unsaturated/α-hetero) is 4. The van der Waals surface area contributed by atoms with Gasteiger partial charge >= 0.3 is 0 Å². The molecule has 156 valence electrons. The van der Waals surface area contributed by atoms with E-state index < -0.39 is 17.8 Å². The minimum absolute atomic E-state index is 0.0741. The highest BCUT2D eigenvalue weighted by Crippen LogP contribution is 2.31. The molecule has 0 rings (SSSR count). The Hall–Kier alpha value is -1.32. The van der Waals surface area contributed by atoms with Crippen molar-refractivity contribution in [2.45, 2.75) is 99.3 Å². The molecule has 0 saturated heterocycles. The van der Waals surface area contributed by atoms with Crippen LogP contribution in [0.4, 0.5) is 0 Å². The first-order chi connectivity index (χ1) is 12.6. The van der Waals surface area contributed by atoms with E-state index in [1.165, 1.54) is 52.9 Å². The summed E-state index contributed by atoms with van der Waals surface area (Å²) in [6.07, 6.45) is 9.38. The van der Waals surface area contributed by atoms with Gasteiger partial charge in [0.25, 0.3) is 0 Å². The SMILES string of the molecule is CCCCCCCCCC(CC(C(C)=O)C(C(C)=O)C(C)C(C)=O)C(C)=O. The number of hydrogen-bond acceptors (Lipinski definition) is 4. The zero-order valence-corrected chi connectivity index (χ0v) is 18.3. The molecule has 0 bridgehead atoms. The molecule has 0 saturated carbocycles. The standard InChI is InChI=1S/C23H40O4/c1-7-8-9-10-11-12-13-14-21(18(4)25)15-22(19(5)26)23(20(6)27)16(2)17(3)24/h16,21-23H,7-15H2,1-6H3. The van der Waals surface area contributed by atoms with Crippen molar-refractivity contribution in [3.63, 3.8) is 0 Å². The quantitative estimate of drug-likeness (QED) is 0.338. The molecule has 0 N–H and O–H groups in total. The van der Waals surface area contributed by atoms with Crippen LogP contribution in [0.15, 0.2) is 0 Å². The van der Waals surface area contributed by atoms with E-state index in [2.05, 4.69) is 6.92 Å². The fraction of sp³-hybridized carbons (Fsp3) is 0.826. The molecule has 0 heterocycles. The summed E-state index contributed by atoms with van der Waals surface area (Å²) in [4.78, 5) is 48.4. The summed E-state index contributed by atoms with van der Waals surface area (Å²) >= 11 is 0. The lowest BCUT2D eigenvalue weighted by Crippen LogP contribution is -2.37. The Kier molecular flexibility index (Phi) is 13.1. The van der Waals surface area contributed by atoms with Crippen LogP contribution in [0.2, 0.25) is 0 Å². The Labute approximate surface area is 165 Å². The second-order valence-electron chi connectivity index (χ2n) is 8.21. The van der Waals surface area contributed by atoms with Crippen molar-refractivity contribution in [1.29, 1.82) is 0 Å². The molecule has 4 unspecified atom stereocenters. The fourth-order valence-corrected chi connectivity index (χ4v) is 3.94. The number of rotatable bonds is 16. The molecule has 0 spiro atoms. The third-order valence-electron chi connectivity index (χ3n) is 5.87. The maximum atomic E-state index is 12.3. The maximum absolute atomic E-state index is 12.3. The average Bonchev–Trinajstić information content (AvgIpc) is 2.57. The van der Waals surface area contributed by atoms with E-state index in [0.29, 0.717) is 6.42 Å². The monoisotopic (exact) mass is 380 g/mol. The fourth-order valence-electron chi connectivity index (χ4n) is 3.94. The van der Waals surface area contributed by atoms with E-state index in [9.17, 15) is 19.2 Å². The summed E-state index contributed by atoms with van der Waals surface area (Å²) in [5.41, 5.74) is 0. The van der Waals surface area contributed by atoms with Gasteiger partial charge in [0.05, 0.1) is 0 Å². The van der Waals surface area contributed by atoms with Gasteiger partial charge in [-0.3, -0.25) is 19.2 Å². The Balaban J connectivity index is 4.92. The molecule has 4 nitrogen and oxygen atoms in total. The first kappa shape index (κ1) is 25.7. The lowest BCUT2D eigenvalue weighted by molar-refractivity contribution is -0.137. The summed E-state index contributed by atoms with van der Waals surface area (Å²) in [6, 6.07) is 0. The first-order valence-corrected chi connectivity index (χ1v) is 10.6. The summed E-state index contributed by atoms with van der Waals surface area (Å²) in [5.74, 6) is -2.16. The van der Waals surface area contributed by atoms with E-state index in [-0.39, 0.29) is 29.1 Å². The van der Waals surface area contributed by atoms with E-state index in [0.717, 1.165) is 19.3 Å². The molecule has 0 aromatic carbocycles. The second kappa shape index (κ2) is 13.8. The zero-order chi connectivity index (χ0) is 21.0. The largest absolute Gasteiger partial charge is 0.300 e. The summed E-state index contributed by atoms with van der Waals surface area (Å²) in [6.45, 7) is 9.85.